The highest BCUT2D eigenvalue weighted by Gasteiger charge is 2.26. The maximum atomic E-state index is 12.6. The van der Waals surface area contributed by atoms with Crippen LogP contribution in [0.15, 0.2) is 24.3 Å². The molecule has 2 saturated heterocycles. The lowest BCUT2D eigenvalue weighted by Gasteiger charge is -2.32. The van der Waals surface area contributed by atoms with E-state index in [2.05, 4.69) is 5.32 Å². The Bertz CT molecular complexity index is 620. The van der Waals surface area contributed by atoms with Gasteiger partial charge in [-0.25, -0.2) is 0 Å². The number of hydrogen-bond acceptors (Lipinski definition) is 4. The molecule has 2 heterocycles. The first-order valence-electron chi connectivity index (χ1n) is 9.46. The Balaban J connectivity index is 1.42. The van der Waals surface area contributed by atoms with E-state index in [1.807, 2.05) is 29.2 Å². The van der Waals surface area contributed by atoms with Gasteiger partial charge in [-0.2, -0.15) is 0 Å². The van der Waals surface area contributed by atoms with Crippen LogP contribution in [0.2, 0.25) is 0 Å². The molecule has 1 aromatic rings. The molecule has 3 rings (SSSR count). The molecule has 2 aliphatic rings. The third-order valence-corrected chi connectivity index (χ3v) is 5.18. The first-order valence-corrected chi connectivity index (χ1v) is 9.46. The Hall–Kier alpha value is -2.08. The number of nitrogens with zero attached hydrogens (tertiary/aromatic N) is 1. The van der Waals surface area contributed by atoms with Crippen molar-refractivity contribution in [2.75, 3.05) is 26.8 Å². The van der Waals surface area contributed by atoms with Gasteiger partial charge in [-0.05, 0) is 31.7 Å². The predicted octanol–water partition coefficient (Wildman–Crippen LogP) is 1.91. The summed E-state index contributed by atoms with van der Waals surface area (Å²) < 4.78 is 10.8. The smallest absolute Gasteiger partial charge is 0.227 e. The van der Waals surface area contributed by atoms with Gasteiger partial charge in [0.1, 0.15) is 5.75 Å². The molecule has 2 amide bonds. The van der Waals surface area contributed by atoms with E-state index in [-0.39, 0.29) is 24.0 Å². The predicted molar refractivity (Wildman–Crippen MR) is 98.0 cm³/mol. The third-order valence-electron chi connectivity index (χ3n) is 5.18. The Labute approximate surface area is 154 Å². The maximum absolute atomic E-state index is 12.6. The topological polar surface area (TPSA) is 67.9 Å². The van der Waals surface area contributed by atoms with Gasteiger partial charge >= 0.3 is 0 Å². The zero-order chi connectivity index (χ0) is 18.4. The number of amides is 2. The number of ether oxygens (including phenoxy) is 2. The van der Waals surface area contributed by atoms with Crippen LogP contribution in [0.5, 0.6) is 5.75 Å². The second-order valence-electron chi connectivity index (χ2n) is 7.05. The van der Waals surface area contributed by atoms with Crippen LogP contribution in [0.3, 0.4) is 0 Å². The number of carbonyl (C=O) groups excluding carboxylic acids is 2. The van der Waals surface area contributed by atoms with Crippen LogP contribution in [-0.2, 0) is 20.7 Å². The second-order valence-corrected chi connectivity index (χ2v) is 7.05. The normalized spacial score (nSPS) is 20.8. The summed E-state index contributed by atoms with van der Waals surface area (Å²) in [5.74, 6) is 0.923. The molecule has 26 heavy (non-hydrogen) atoms. The molecule has 0 saturated carbocycles. The number of piperidine rings is 1. The third kappa shape index (κ3) is 4.97. The molecule has 6 nitrogen and oxygen atoms in total. The number of methoxy groups -OCH3 is 1. The minimum atomic E-state index is 0.0655. The fourth-order valence-corrected chi connectivity index (χ4v) is 3.70. The van der Waals surface area contributed by atoms with Crippen molar-refractivity contribution in [3.63, 3.8) is 0 Å². The molecule has 0 spiro atoms. The minimum absolute atomic E-state index is 0.0655. The van der Waals surface area contributed by atoms with E-state index in [4.69, 9.17) is 9.47 Å². The lowest BCUT2D eigenvalue weighted by Crippen LogP contribution is -2.47. The molecule has 1 aromatic carbocycles. The van der Waals surface area contributed by atoms with Gasteiger partial charge in [0.2, 0.25) is 11.8 Å². The largest absolute Gasteiger partial charge is 0.496 e. The van der Waals surface area contributed by atoms with E-state index in [0.29, 0.717) is 25.9 Å². The highest BCUT2D eigenvalue weighted by molar-refractivity contribution is 5.80. The van der Waals surface area contributed by atoms with E-state index in [1.165, 1.54) is 0 Å². The number of benzene rings is 1. The molecule has 142 valence electrons. The van der Waals surface area contributed by atoms with Crippen molar-refractivity contribution in [2.45, 2.75) is 50.7 Å². The van der Waals surface area contributed by atoms with Crippen molar-refractivity contribution in [3.8, 4) is 5.75 Å². The Morgan fingerprint density at radius 3 is 2.69 bits per heavy atom. The summed E-state index contributed by atoms with van der Waals surface area (Å²) in [5, 5.41) is 3.10. The zero-order valence-electron chi connectivity index (χ0n) is 15.4. The van der Waals surface area contributed by atoms with Crippen LogP contribution in [0.25, 0.3) is 0 Å². The van der Waals surface area contributed by atoms with E-state index >= 15 is 0 Å². The van der Waals surface area contributed by atoms with Crippen LogP contribution >= 0.6 is 0 Å². The average Bonchev–Trinajstić information content (AvgIpc) is 3.15. The van der Waals surface area contributed by atoms with Crippen molar-refractivity contribution >= 4 is 11.8 Å². The summed E-state index contributed by atoms with van der Waals surface area (Å²) in [6.07, 6.45) is 4.50. The SMILES string of the molecule is COc1ccccc1CC(=O)N1CCC(NC(=O)C[C@H]2CCCO2)CC1. The molecule has 0 unspecified atom stereocenters. The molecule has 2 fully saturated rings. The van der Waals surface area contributed by atoms with Gasteiger partial charge in [-0.15, -0.1) is 0 Å². The van der Waals surface area contributed by atoms with Gasteiger partial charge in [0.15, 0.2) is 0 Å². The summed E-state index contributed by atoms with van der Waals surface area (Å²) in [7, 11) is 1.62. The highest BCUT2D eigenvalue weighted by atomic mass is 16.5. The van der Waals surface area contributed by atoms with Crippen molar-refractivity contribution in [1.29, 1.82) is 0 Å². The van der Waals surface area contributed by atoms with Crippen LogP contribution < -0.4 is 10.1 Å². The van der Waals surface area contributed by atoms with E-state index in [1.54, 1.807) is 7.11 Å². The van der Waals surface area contributed by atoms with Gasteiger partial charge in [-0.3, -0.25) is 9.59 Å². The lowest BCUT2D eigenvalue weighted by molar-refractivity contribution is -0.131. The van der Waals surface area contributed by atoms with Crippen LogP contribution in [-0.4, -0.2) is 55.7 Å². The molecule has 0 aromatic heterocycles. The number of likely N-dealkylation sites (tertiary alicyclic amines) is 1. The number of para-hydroxylation sites is 1. The quantitative estimate of drug-likeness (QED) is 0.842. The summed E-state index contributed by atoms with van der Waals surface area (Å²) in [6.45, 7) is 2.13. The van der Waals surface area contributed by atoms with Crippen molar-refractivity contribution in [1.82, 2.24) is 10.2 Å². The fourth-order valence-electron chi connectivity index (χ4n) is 3.70. The van der Waals surface area contributed by atoms with Gasteiger partial charge in [0.05, 0.1) is 26.1 Å². The maximum Gasteiger partial charge on any atom is 0.227 e. The lowest BCUT2D eigenvalue weighted by atomic mass is 10.0. The summed E-state index contributed by atoms with van der Waals surface area (Å²) in [5.41, 5.74) is 0.909. The van der Waals surface area contributed by atoms with E-state index < -0.39 is 0 Å². The van der Waals surface area contributed by atoms with E-state index in [9.17, 15) is 9.59 Å². The summed E-state index contributed by atoms with van der Waals surface area (Å²) in [6, 6.07) is 7.77. The Morgan fingerprint density at radius 1 is 1.23 bits per heavy atom. The molecule has 1 atom stereocenters. The Morgan fingerprint density at radius 2 is 2.00 bits per heavy atom. The van der Waals surface area contributed by atoms with Crippen LogP contribution in [0.4, 0.5) is 0 Å². The number of hydrogen-bond donors (Lipinski definition) is 1. The standard InChI is InChI=1S/C20H28N2O4/c1-25-18-7-3-2-5-15(18)13-20(24)22-10-8-16(9-11-22)21-19(23)14-17-6-4-12-26-17/h2-3,5,7,16-17H,4,6,8-14H2,1H3,(H,21,23)/t17-/m1/s1. The average molecular weight is 360 g/mol. The number of rotatable bonds is 6. The molecule has 1 N–H and O–H groups in total. The number of nitrogens with one attached hydrogen (secondary N) is 1. The summed E-state index contributed by atoms with van der Waals surface area (Å²) in [4.78, 5) is 26.6. The molecule has 2 aliphatic heterocycles. The fraction of sp³-hybridized carbons (Fsp3) is 0.600. The molecule has 0 aliphatic carbocycles. The highest BCUT2D eigenvalue weighted by Crippen LogP contribution is 2.20. The van der Waals surface area contributed by atoms with Crippen molar-refractivity contribution in [3.05, 3.63) is 29.8 Å². The molecular weight excluding hydrogens is 332 g/mol. The first kappa shape index (κ1) is 18.7. The molecule has 0 bridgehead atoms. The molecular formula is C20H28N2O4. The van der Waals surface area contributed by atoms with Gasteiger partial charge < -0.3 is 19.7 Å². The molecule has 6 heteroatoms. The van der Waals surface area contributed by atoms with Crippen molar-refractivity contribution in [2.24, 2.45) is 0 Å². The van der Waals surface area contributed by atoms with Crippen LogP contribution in [0.1, 0.15) is 37.7 Å². The van der Waals surface area contributed by atoms with Crippen molar-refractivity contribution < 1.29 is 19.1 Å². The number of carbonyl (C=O) groups is 2. The molecule has 0 radical (unpaired) electrons. The van der Waals surface area contributed by atoms with E-state index in [0.717, 1.165) is 43.6 Å². The minimum Gasteiger partial charge on any atom is -0.496 e. The van der Waals surface area contributed by atoms with Crippen LogP contribution in [0, 0.1) is 0 Å². The zero-order valence-corrected chi connectivity index (χ0v) is 15.4. The Kier molecular flexibility index (Phi) is 6.50. The van der Waals surface area contributed by atoms with Gasteiger partial charge in [-0.1, -0.05) is 18.2 Å². The van der Waals surface area contributed by atoms with Gasteiger partial charge in [0, 0.05) is 31.3 Å². The second kappa shape index (κ2) is 9.03. The first-order chi connectivity index (χ1) is 12.7. The van der Waals surface area contributed by atoms with Gasteiger partial charge in [0.25, 0.3) is 0 Å². The summed E-state index contributed by atoms with van der Waals surface area (Å²) >= 11 is 0. The monoisotopic (exact) mass is 360 g/mol.